The van der Waals surface area contributed by atoms with Crippen LogP contribution in [0.25, 0.3) is 0 Å². The highest BCUT2D eigenvalue weighted by Gasteiger charge is 2.35. The minimum atomic E-state index is -3.88. The Bertz CT molecular complexity index is 589. The molecule has 1 aromatic carbocycles. The molecular weight excluding hydrogens is 287 g/mol. The average molecular weight is 304 g/mol. The normalized spacial score (nSPS) is 22.9. The summed E-state index contributed by atoms with van der Waals surface area (Å²) in [7, 11) is -2.62. The SMILES string of the molecule is COc1c(N)cc(S(=O)(=O)NC2(C)CCOC2)cc1F. The van der Waals surface area contributed by atoms with Gasteiger partial charge in [-0.1, -0.05) is 0 Å². The molecule has 1 aromatic rings. The van der Waals surface area contributed by atoms with Crippen LogP contribution in [0.5, 0.6) is 5.75 Å². The first-order valence-corrected chi connectivity index (χ1v) is 7.50. The molecule has 3 N–H and O–H groups in total. The van der Waals surface area contributed by atoms with Gasteiger partial charge < -0.3 is 15.2 Å². The molecule has 2 rings (SSSR count). The van der Waals surface area contributed by atoms with Gasteiger partial charge in [-0.15, -0.1) is 0 Å². The number of hydrogen-bond acceptors (Lipinski definition) is 5. The maximum absolute atomic E-state index is 13.7. The average Bonchev–Trinajstić information content (AvgIpc) is 2.74. The second-order valence-corrected chi connectivity index (χ2v) is 6.68. The lowest BCUT2D eigenvalue weighted by atomic mass is 10.0. The molecule has 20 heavy (non-hydrogen) atoms. The summed E-state index contributed by atoms with van der Waals surface area (Å²) in [6.07, 6.45) is 0.556. The van der Waals surface area contributed by atoms with Crippen LogP contribution in [0.1, 0.15) is 13.3 Å². The number of benzene rings is 1. The molecular formula is C12H17FN2O4S. The molecule has 0 aliphatic carbocycles. The lowest BCUT2D eigenvalue weighted by Gasteiger charge is -2.23. The second kappa shape index (κ2) is 5.19. The van der Waals surface area contributed by atoms with Crippen LogP contribution >= 0.6 is 0 Å². The third-order valence-corrected chi connectivity index (χ3v) is 4.78. The van der Waals surface area contributed by atoms with Gasteiger partial charge >= 0.3 is 0 Å². The maximum Gasteiger partial charge on any atom is 0.241 e. The Kier molecular flexibility index (Phi) is 3.90. The highest BCUT2D eigenvalue weighted by atomic mass is 32.2. The molecule has 0 bridgehead atoms. The van der Waals surface area contributed by atoms with Crippen molar-refractivity contribution in [2.75, 3.05) is 26.1 Å². The van der Waals surface area contributed by atoms with E-state index in [1.54, 1.807) is 6.92 Å². The molecule has 1 aliphatic heterocycles. The second-order valence-electron chi connectivity index (χ2n) is 5.00. The molecule has 1 unspecified atom stereocenters. The van der Waals surface area contributed by atoms with E-state index in [4.69, 9.17) is 15.2 Å². The van der Waals surface area contributed by atoms with Crippen molar-refractivity contribution in [3.8, 4) is 5.75 Å². The van der Waals surface area contributed by atoms with Crippen molar-refractivity contribution in [2.24, 2.45) is 0 Å². The number of rotatable bonds is 4. The van der Waals surface area contributed by atoms with Gasteiger partial charge in [0.25, 0.3) is 0 Å². The Morgan fingerprint density at radius 1 is 1.50 bits per heavy atom. The first-order valence-electron chi connectivity index (χ1n) is 6.02. The van der Waals surface area contributed by atoms with Crippen LogP contribution < -0.4 is 15.2 Å². The fourth-order valence-corrected chi connectivity index (χ4v) is 3.56. The highest BCUT2D eigenvalue weighted by molar-refractivity contribution is 7.89. The van der Waals surface area contributed by atoms with E-state index in [1.165, 1.54) is 13.2 Å². The summed E-state index contributed by atoms with van der Waals surface area (Å²) in [5.74, 6) is -0.986. The molecule has 112 valence electrons. The van der Waals surface area contributed by atoms with Crippen molar-refractivity contribution in [1.82, 2.24) is 4.72 Å². The number of anilines is 1. The minimum absolute atomic E-state index is 0.0688. The van der Waals surface area contributed by atoms with Gasteiger partial charge in [0, 0.05) is 6.61 Å². The van der Waals surface area contributed by atoms with Crippen molar-refractivity contribution >= 4 is 15.7 Å². The number of methoxy groups -OCH3 is 1. The number of hydrogen-bond donors (Lipinski definition) is 2. The fourth-order valence-electron chi connectivity index (χ4n) is 2.09. The molecule has 1 fully saturated rings. The van der Waals surface area contributed by atoms with E-state index >= 15 is 0 Å². The molecule has 1 heterocycles. The van der Waals surface area contributed by atoms with Gasteiger partial charge in [-0.2, -0.15) is 0 Å². The summed E-state index contributed by atoms with van der Waals surface area (Å²) in [6, 6.07) is 2.06. The Morgan fingerprint density at radius 2 is 2.20 bits per heavy atom. The molecule has 6 nitrogen and oxygen atoms in total. The van der Waals surface area contributed by atoms with Crippen LogP contribution in [0.4, 0.5) is 10.1 Å². The summed E-state index contributed by atoms with van der Waals surface area (Å²) < 4.78 is 50.7. The molecule has 0 saturated carbocycles. The van der Waals surface area contributed by atoms with E-state index in [-0.39, 0.29) is 22.9 Å². The van der Waals surface area contributed by atoms with Crippen LogP contribution in [0, 0.1) is 5.82 Å². The fraction of sp³-hybridized carbons (Fsp3) is 0.500. The molecule has 0 aromatic heterocycles. The Morgan fingerprint density at radius 3 is 2.70 bits per heavy atom. The zero-order chi connectivity index (χ0) is 15.0. The molecule has 0 spiro atoms. The lowest BCUT2D eigenvalue weighted by Crippen LogP contribution is -2.46. The quantitative estimate of drug-likeness (QED) is 0.806. The third-order valence-electron chi connectivity index (χ3n) is 3.16. The van der Waals surface area contributed by atoms with Crippen molar-refractivity contribution in [3.05, 3.63) is 17.9 Å². The van der Waals surface area contributed by atoms with Gasteiger partial charge in [-0.05, 0) is 25.5 Å². The smallest absolute Gasteiger partial charge is 0.241 e. The van der Waals surface area contributed by atoms with Crippen LogP contribution in [0.2, 0.25) is 0 Å². The number of sulfonamides is 1. The summed E-state index contributed by atoms with van der Waals surface area (Å²) in [6.45, 7) is 2.50. The number of nitrogens with two attached hydrogens (primary N) is 1. The van der Waals surface area contributed by atoms with Gasteiger partial charge in [-0.3, -0.25) is 0 Å². The molecule has 1 aliphatic rings. The van der Waals surface area contributed by atoms with Gasteiger partial charge in [0.1, 0.15) is 0 Å². The van der Waals surface area contributed by atoms with Crippen molar-refractivity contribution in [2.45, 2.75) is 23.8 Å². The number of halogens is 1. The van der Waals surface area contributed by atoms with E-state index < -0.39 is 21.4 Å². The van der Waals surface area contributed by atoms with Gasteiger partial charge in [0.15, 0.2) is 11.6 Å². The van der Waals surface area contributed by atoms with E-state index in [0.29, 0.717) is 13.0 Å². The summed E-state index contributed by atoms with van der Waals surface area (Å²) in [4.78, 5) is -0.235. The molecule has 1 atom stereocenters. The predicted molar refractivity (Wildman–Crippen MR) is 71.5 cm³/mol. The van der Waals surface area contributed by atoms with Crippen LogP contribution in [0.15, 0.2) is 17.0 Å². The van der Waals surface area contributed by atoms with E-state index in [9.17, 15) is 12.8 Å². The highest BCUT2D eigenvalue weighted by Crippen LogP contribution is 2.29. The minimum Gasteiger partial charge on any atom is -0.492 e. The number of ether oxygens (including phenoxy) is 2. The molecule has 0 amide bonds. The zero-order valence-corrected chi connectivity index (χ0v) is 12.1. The molecule has 1 saturated heterocycles. The van der Waals surface area contributed by atoms with Gasteiger partial charge in [0.2, 0.25) is 10.0 Å². The van der Waals surface area contributed by atoms with Gasteiger partial charge in [0.05, 0.1) is 29.8 Å². The van der Waals surface area contributed by atoms with Crippen LogP contribution in [-0.2, 0) is 14.8 Å². The van der Waals surface area contributed by atoms with Gasteiger partial charge in [-0.25, -0.2) is 17.5 Å². The summed E-state index contributed by atoms with van der Waals surface area (Å²) in [5, 5.41) is 0. The van der Waals surface area contributed by atoms with Crippen molar-refractivity contribution < 1.29 is 22.3 Å². The number of nitrogen functional groups attached to an aromatic ring is 1. The van der Waals surface area contributed by atoms with Crippen molar-refractivity contribution in [3.63, 3.8) is 0 Å². The van der Waals surface area contributed by atoms with E-state index in [1.807, 2.05) is 0 Å². The standard InChI is InChI=1S/C12H17FN2O4S/c1-12(3-4-19-7-12)15-20(16,17)8-5-9(13)11(18-2)10(14)6-8/h5-6,15H,3-4,7,14H2,1-2H3. The van der Waals surface area contributed by atoms with E-state index in [2.05, 4.69) is 4.72 Å². The topological polar surface area (TPSA) is 90.7 Å². The maximum atomic E-state index is 13.7. The molecule has 8 heteroatoms. The number of nitrogens with one attached hydrogen (secondary N) is 1. The monoisotopic (exact) mass is 304 g/mol. The Balaban J connectivity index is 2.35. The molecule has 0 radical (unpaired) electrons. The Labute approximate surface area is 117 Å². The van der Waals surface area contributed by atoms with Crippen molar-refractivity contribution in [1.29, 1.82) is 0 Å². The first-order chi connectivity index (χ1) is 9.27. The van der Waals surface area contributed by atoms with E-state index in [0.717, 1.165) is 6.07 Å². The Hall–Kier alpha value is -1.38. The lowest BCUT2D eigenvalue weighted by molar-refractivity contribution is 0.178. The first kappa shape index (κ1) is 15.0. The zero-order valence-electron chi connectivity index (χ0n) is 11.3. The predicted octanol–water partition coefficient (Wildman–Crippen LogP) is 0.874. The largest absolute Gasteiger partial charge is 0.492 e. The third kappa shape index (κ3) is 2.87. The summed E-state index contributed by atoms with van der Waals surface area (Å²) in [5.41, 5.74) is 4.83. The van der Waals surface area contributed by atoms with Crippen LogP contribution in [-0.4, -0.2) is 34.3 Å². The van der Waals surface area contributed by atoms with Crippen LogP contribution in [0.3, 0.4) is 0 Å². The summed E-state index contributed by atoms with van der Waals surface area (Å²) >= 11 is 0.